The van der Waals surface area contributed by atoms with Crippen LogP contribution in [0, 0.1) is 23.1 Å². The molecule has 2 aromatic carbocycles. The van der Waals surface area contributed by atoms with Gasteiger partial charge in [0.05, 0.1) is 45.4 Å². The second kappa shape index (κ2) is 9.12. The van der Waals surface area contributed by atoms with Gasteiger partial charge in [-0.2, -0.15) is 18.4 Å². The molecule has 2 fully saturated rings. The van der Waals surface area contributed by atoms with E-state index in [1.165, 1.54) is 18.3 Å². The SMILES string of the molecule is BC(Nc1cc(Cl)c2ncc(C#N)c(N[C@@H]3CC3C(F)(F)F)c2c1)(c1ccc(F)cc1)c1cn(C2CC2)nn1. The fourth-order valence-corrected chi connectivity index (χ4v) is 5.12. The largest absolute Gasteiger partial charge is 0.393 e. The zero-order chi connectivity index (χ0) is 27.5. The molecule has 13 heteroatoms. The average Bonchev–Trinajstić information content (AvgIpc) is 3.82. The first-order valence-electron chi connectivity index (χ1n) is 12.4. The van der Waals surface area contributed by atoms with E-state index < -0.39 is 23.6 Å². The molecular formula is C26H21BClF4N7. The Kier molecular flexibility index (Phi) is 5.95. The van der Waals surface area contributed by atoms with Gasteiger partial charge in [-0.3, -0.25) is 4.98 Å². The summed E-state index contributed by atoms with van der Waals surface area (Å²) in [4.78, 5) is 4.29. The van der Waals surface area contributed by atoms with Crippen molar-refractivity contribution in [2.24, 2.45) is 5.92 Å². The molecule has 0 bridgehead atoms. The van der Waals surface area contributed by atoms with Crippen molar-refractivity contribution in [1.82, 2.24) is 20.0 Å². The van der Waals surface area contributed by atoms with E-state index in [9.17, 15) is 22.8 Å². The number of nitrogens with one attached hydrogen (secondary N) is 2. The first-order chi connectivity index (χ1) is 18.6. The Morgan fingerprint density at radius 3 is 2.54 bits per heavy atom. The van der Waals surface area contributed by atoms with Gasteiger partial charge in [0.15, 0.2) is 0 Å². The van der Waals surface area contributed by atoms with Crippen molar-refractivity contribution >= 4 is 41.7 Å². The highest BCUT2D eigenvalue weighted by atomic mass is 35.5. The summed E-state index contributed by atoms with van der Waals surface area (Å²) in [5, 5.41) is 25.4. The van der Waals surface area contributed by atoms with Gasteiger partial charge in [-0.1, -0.05) is 28.9 Å². The summed E-state index contributed by atoms with van der Waals surface area (Å²) in [6, 6.07) is 10.8. The van der Waals surface area contributed by atoms with Crippen LogP contribution < -0.4 is 10.6 Å². The predicted molar refractivity (Wildman–Crippen MR) is 141 cm³/mol. The normalized spacial score (nSPS) is 20.3. The van der Waals surface area contributed by atoms with Gasteiger partial charge < -0.3 is 10.6 Å². The molecule has 2 heterocycles. The molecule has 2 aliphatic rings. The lowest BCUT2D eigenvalue weighted by Crippen LogP contribution is -2.37. The lowest BCUT2D eigenvalue weighted by Gasteiger charge is -2.31. The molecular weight excluding hydrogens is 533 g/mol. The molecule has 7 nitrogen and oxygen atoms in total. The molecule has 2 aliphatic carbocycles. The molecule has 0 saturated heterocycles. The van der Waals surface area contributed by atoms with Gasteiger partial charge in [-0.25, -0.2) is 9.07 Å². The third kappa shape index (κ3) is 4.76. The highest BCUT2D eigenvalue weighted by Crippen LogP contribution is 2.47. The molecule has 4 aromatic rings. The van der Waals surface area contributed by atoms with Crippen LogP contribution in [-0.4, -0.2) is 40.0 Å². The molecule has 2 N–H and O–H groups in total. The quantitative estimate of drug-likeness (QED) is 0.243. The Balaban J connectivity index is 1.43. The molecule has 2 unspecified atom stereocenters. The van der Waals surface area contributed by atoms with Crippen molar-refractivity contribution < 1.29 is 17.6 Å². The van der Waals surface area contributed by atoms with Crippen molar-refractivity contribution in [3.05, 3.63) is 76.5 Å². The van der Waals surface area contributed by atoms with Crippen LogP contribution >= 0.6 is 11.6 Å². The smallest absolute Gasteiger partial charge is 0.380 e. The molecule has 0 aliphatic heterocycles. The maximum atomic E-state index is 13.8. The van der Waals surface area contributed by atoms with E-state index >= 15 is 0 Å². The van der Waals surface area contributed by atoms with E-state index in [0.29, 0.717) is 33.9 Å². The lowest BCUT2D eigenvalue weighted by molar-refractivity contribution is -0.147. The number of hydrogen-bond donors (Lipinski definition) is 2. The number of anilines is 2. The monoisotopic (exact) mass is 553 g/mol. The van der Waals surface area contributed by atoms with Gasteiger partial charge in [0.25, 0.3) is 0 Å². The number of aromatic nitrogens is 4. The summed E-state index contributed by atoms with van der Waals surface area (Å²) in [6.07, 6.45) is 0.778. The van der Waals surface area contributed by atoms with E-state index in [-0.39, 0.29) is 28.5 Å². The van der Waals surface area contributed by atoms with Crippen molar-refractivity contribution in [2.75, 3.05) is 10.6 Å². The fraction of sp³-hybridized carbons (Fsp3) is 0.308. The first kappa shape index (κ1) is 25.4. The van der Waals surface area contributed by atoms with E-state index in [1.54, 1.807) is 24.3 Å². The third-order valence-electron chi connectivity index (χ3n) is 7.35. The van der Waals surface area contributed by atoms with E-state index in [0.717, 1.165) is 12.8 Å². The second-order valence-corrected chi connectivity index (χ2v) is 10.6. The van der Waals surface area contributed by atoms with Crippen LogP contribution in [0.3, 0.4) is 0 Å². The molecule has 2 saturated carbocycles. The van der Waals surface area contributed by atoms with Crippen molar-refractivity contribution in [1.29, 1.82) is 5.26 Å². The van der Waals surface area contributed by atoms with Crippen LogP contribution in [0.25, 0.3) is 10.9 Å². The number of benzene rings is 2. The van der Waals surface area contributed by atoms with Crippen LogP contribution in [0.5, 0.6) is 0 Å². The van der Waals surface area contributed by atoms with E-state index in [2.05, 4.69) is 25.9 Å². The summed E-state index contributed by atoms with van der Waals surface area (Å²) in [5.41, 5.74) is 1.51. The average molecular weight is 554 g/mol. The summed E-state index contributed by atoms with van der Waals surface area (Å²) < 4.78 is 55.3. The van der Waals surface area contributed by atoms with Crippen LogP contribution in [0.15, 0.2) is 48.8 Å². The molecule has 6 rings (SSSR count). The van der Waals surface area contributed by atoms with Gasteiger partial charge in [0.2, 0.25) is 0 Å². The van der Waals surface area contributed by atoms with Crippen molar-refractivity contribution in [3.8, 4) is 6.07 Å². The summed E-state index contributed by atoms with van der Waals surface area (Å²) >= 11 is 6.60. The van der Waals surface area contributed by atoms with Crippen molar-refractivity contribution in [2.45, 2.75) is 43.0 Å². The number of nitriles is 1. The van der Waals surface area contributed by atoms with Crippen molar-refractivity contribution in [3.63, 3.8) is 0 Å². The van der Waals surface area contributed by atoms with Gasteiger partial charge in [0.1, 0.15) is 25.4 Å². The maximum Gasteiger partial charge on any atom is 0.393 e. The summed E-state index contributed by atoms with van der Waals surface area (Å²) in [7, 11) is 1.88. The minimum Gasteiger partial charge on any atom is -0.380 e. The van der Waals surface area contributed by atoms with Gasteiger partial charge in [-0.15, -0.1) is 5.10 Å². The Bertz CT molecular complexity index is 1610. The Morgan fingerprint density at radius 2 is 1.90 bits per heavy atom. The van der Waals surface area contributed by atoms with Crippen LogP contribution in [-0.2, 0) is 5.44 Å². The maximum absolute atomic E-state index is 13.8. The molecule has 0 amide bonds. The zero-order valence-corrected chi connectivity index (χ0v) is 21.4. The Labute approximate surface area is 226 Å². The topological polar surface area (TPSA) is 91.5 Å². The fourth-order valence-electron chi connectivity index (χ4n) is 4.85. The number of alkyl halides is 3. The zero-order valence-electron chi connectivity index (χ0n) is 20.6. The number of hydrogen-bond acceptors (Lipinski definition) is 6. The van der Waals surface area contributed by atoms with Crippen LogP contribution in [0.1, 0.15) is 42.1 Å². The molecule has 2 aromatic heterocycles. The summed E-state index contributed by atoms with van der Waals surface area (Å²) in [5.74, 6) is -1.88. The first-order valence-corrected chi connectivity index (χ1v) is 12.8. The van der Waals surface area contributed by atoms with Gasteiger partial charge in [-0.05, 0) is 49.1 Å². The minimum atomic E-state index is -4.33. The van der Waals surface area contributed by atoms with Crippen LogP contribution in [0.2, 0.25) is 5.02 Å². The number of halogens is 5. The number of rotatable bonds is 7. The second-order valence-electron chi connectivity index (χ2n) is 10.2. The van der Waals surface area contributed by atoms with E-state index in [4.69, 9.17) is 11.6 Å². The highest BCUT2D eigenvalue weighted by molar-refractivity contribution is 6.36. The van der Waals surface area contributed by atoms with Gasteiger partial charge >= 0.3 is 6.18 Å². The Morgan fingerprint density at radius 1 is 1.15 bits per heavy atom. The third-order valence-corrected chi connectivity index (χ3v) is 7.63. The molecule has 0 spiro atoms. The number of pyridine rings is 1. The lowest BCUT2D eigenvalue weighted by atomic mass is 9.69. The number of fused-ring (bicyclic) bond motifs is 1. The Hall–Kier alpha value is -3.85. The molecule has 0 radical (unpaired) electrons. The molecule has 3 atom stereocenters. The molecule has 198 valence electrons. The standard InChI is InChI=1S/C26H21BClF4N7/c27-25(14-1-3-15(29)4-2-14,22-12-39(38-37-22)17-5-6-17)36-16-7-18-23(35-21-9-19(21)26(30,31)32)13(10-33)11-34-24(18)20(28)8-16/h1-4,7-8,11-12,17,19,21,36H,5-6,9,27H2,(H,34,35)/t19?,21-,25?/m1/s1. The predicted octanol–water partition coefficient (Wildman–Crippen LogP) is 5.13. The number of nitrogens with zero attached hydrogens (tertiary/aromatic N) is 5. The summed E-state index contributed by atoms with van der Waals surface area (Å²) in [6.45, 7) is 0. The highest BCUT2D eigenvalue weighted by Gasteiger charge is 2.56. The van der Waals surface area contributed by atoms with Gasteiger partial charge in [0, 0.05) is 23.3 Å². The van der Waals surface area contributed by atoms with Crippen LogP contribution in [0.4, 0.5) is 28.9 Å². The minimum absolute atomic E-state index is 0.0802. The van der Waals surface area contributed by atoms with E-state index in [1.807, 2.05) is 24.8 Å². The molecule has 39 heavy (non-hydrogen) atoms.